The van der Waals surface area contributed by atoms with Crippen molar-refractivity contribution in [2.24, 2.45) is 16.7 Å². The number of ether oxygens (including phenoxy) is 1. The van der Waals surface area contributed by atoms with Crippen LogP contribution in [0, 0.1) is 16.7 Å². The van der Waals surface area contributed by atoms with Gasteiger partial charge in [0.25, 0.3) is 0 Å². The molecule has 0 spiro atoms. The van der Waals surface area contributed by atoms with E-state index in [1.807, 2.05) is 6.92 Å². The summed E-state index contributed by atoms with van der Waals surface area (Å²) in [5, 5.41) is 11.0. The van der Waals surface area contributed by atoms with E-state index < -0.39 is 11.0 Å². The average molecular weight is 266 g/mol. The maximum Gasteiger partial charge on any atom is 0.311 e. The summed E-state index contributed by atoms with van der Waals surface area (Å²) in [6.45, 7) is 7.97. The van der Waals surface area contributed by atoms with Crippen LogP contribution in [0.25, 0.3) is 0 Å². The second-order valence-electron chi connectivity index (χ2n) is 6.75. The van der Waals surface area contributed by atoms with E-state index in [4.69, 9.17) is 4.74 Å². The fourth-order valence-electron chi connectivity index (χ4n) is 4.70. The topological polar surface area (TPSA) is 46.5 Å². The Bertz CT molecular complexity index is 391. The molecule has 4 atom stereocenters. The molecule has 2 aliphatic rings. The Balaban J connectivity index is 2.45. The number of carbonyl (C=O) groups excluding carboxylic acids is 1. The third-order valence-corrected chi connectivity index (χ3v) is 5.96. The fourth-order valence-corrected chi connectivity index (χ4v) is 4.70. The molecule has 0 bridgehead atoms. The Kier molecular flexibility index (Phi) is 3.54. The molecule has 0 aromatic carbocycles. The number of fused-ring (bicyclic) bond motifs is 1. The van der Waals surface area contributed by atoms with Crippen LogP contribution >= 0.6 is 0 Å². The highest BCUT2D eigenvalue weighted by Gasteiger charge is 2.61. The summed E-state index contributed by atoms with van der Waals surface area (Å²) in [4.78, 5) is 12.3. The molecular weight excluding hydrogens is 240 g/mol. The minimum atomic E-state index is -0.856. The lowest BCUT2D eigenvalue weighted by Gasteiger charge is -2.59. The van der Waals surface area contributed by atoms with Crippen molar-refractivity contribution in [3.05, 3.63) is 12.7 Å². The highest BCUT2D eigenvalue weighted by Crippen LogP contribution is 2.61. The second kappa shape index (κ2) is 4.62. The molecule has 4 unspecified atom stereocenters. The van der Waals surface area contributed by atoms with Gasteiger partial charge in [-0.25, -0.2) is 0 Å². The van der Waals surface area contributed by atoms with Crippen molar-refractivity contribution in [3.63, 3.8) is 0 Å². The van der Waals surface area contributed by atoms with Crippen molar-refractivity contribution in [1.29, 1.82) is 0 Å². The normalized spacial score (nSPS) is 46.2. The SMILES string of the molecule is C=CC1(O)CCCC2C(C)(C(=O)OC)CCCC21C. The third-order valence-electron chi connectivity index (χ3n) is 5.96. The smallest absolute Gasteiger partial charge is 0.311 e. The standard InChI is InChI=1S/C16H26O3/c1-5-16(18)11-6-8-12-14(2,13(17)19-4)9-7-10-15(12,16)3/h5,12,18H,1,6-11H2,2-4H3. The molecule has 0 saturated heterocycles. The van der Waals surface area contributed by atoms with Crippen LogP contribution in [0.15, 0.2) is 12.7 Å². The van der Waals surface area contributed by atoms with Gasteiger partial charge in [-0.15, -0.1) is 6.58 Å². The minimum Gasteiger partial charge on any atom is -0.469 e. The van der Waals surface area contributed by atoms with Crippen LogP contribution in [0.1, 0.15) is 52.4 Å². The third kappa shape index (κ3) is 1.85. The van der Waals surface area contributed by atoms with E-state index in [0.717, 1.165) is 38.5 Å². The lowest BCUT2D eigenvalue weighted by atomic mass is 9.46. The summed E-state index contributed by atoms with van der Waals surface area (Å²) in [5.41, 5.74) is -1.60. The van der Waals surface area contributed by atoms with Crippen LogP contribution < -0.4 is 0 Å². The first-order valence-electron chi connectivity index (χ1n) is 7.28. The van der Waals surface area contributed by atoms with E-state index in [0.29, 0.717) is 0 Å². The summed E-state index contributed by atoms with van der Waals surface area (Å²) in [5.74, 6) is 0.0367. The van der Waals surface area contributed by atoms with Crippen LogP contribution in [0.5, 0.6) is 0 Å². The molecule has 3 nitrogen and oxygen atoms in total. The van der Waals surface area contributed by atoms with Gasteiger partial charge >= 0.3 is 5.97 Å². The number of rotatable bonds is 2. The summed E-state index contributed by atoms with van der Waals surface area (Å²) in [6.07, 6.45) is 7.13. The number of methoxy groups -OCH3 is 1. The lowest BCUT2D eigenvalue weighted by molar-refractivity contribution is -0.187. The maximum atomic E-state index is 12.3. The number of carbonyl (C=O) groups is 1. The van der Waals surface area contributed by atoms with E-state index >= 15 is 0 Å². The fraction of sp³-hybridized carbons (Fsp3) is 0.812. The van der Waals surface area contributed by atoms with E-state index in [-0.39, 0.29) is 17.3 Å². The van der Waals surface area contributed by atoms with Crippen molar-refractivity contribution in [1.82, 2.24) is 0 Å². The molecular formula is C16H26O3. The minimum absolute atomic E-state index is 0.128. The first-order valence-corrected chi connectivity index (χ1v) is 7.28. The largest absolute Gasteiger partial charge is 0.469 e. The van der Waals surface area contributed by atoms with Gasteiger partial charge in [-0.2, -0.15) is 0 Å². The van der Waals surface area contributed by atoms with E-state index in [2.05, 4.69) is 13.5 Å². The number of hydrogen-bond donors (Lipinski definition) is 1. The molecule has 2 aliphatic carbocycles. The van der Waals surface area contributed by atoms with Crippen LogP contribution in [0.3, 0.4) is 0 Å². The van der Waals surface area contributed by atoms with Gasteiger partial charge in [-0.3, -0.25) is 4.79 Å². The zero-order chi connectivity index (χ0) is 14.3. The molecule has 3 heteroatoms. The number of esters is 1. The Morgan fingerprint density at radius 2 is 2.00 bits per heavy atom. The van der Waals surface area contributed by atoms with Crippen LogP contribution in [-0.4, -0.2) is 23.8 Å². The monoisotopic (exact) mass is 266 g/mol. The first-order chi connectivity index (χ1) is 8.84. The molecule has 2 rings (SSSR count). The van der Waals surface area contributed by atoms with E-state index in [1.165, 1.54) is 7.11 Å². The van der Waals surface area contributed by atoms with Crippen molar-refractivity contribution >= 4 is 5.97 Å². The summed E-state index contributed by atoms with van der Waals surface area (Å²) in [7, 11) is 1.46. The summed E-state index contributed by atoms with van der Waals surface area (Å²) in [6, 6.07) is 0. The van der Waals surface area contributed by atoms with Crippen LogP contribution in [0.4, 0.5) is 0 Å². The Labute approximate surface area is 116 Å². The van der Waals surface area contributed by atoms with Gasteiger partial charge in [0.05, 0.1) is 18.1 Å². The molecule has 2 saturated carbocycles. The predicted molar refractivity (Wildman–Crippen MR) is 74.6 cm³/mol. The van der Waals surface area contributed by atoms with E-state index in [9.17, 15) is 9.90 Å². The van der Waals surface area contributed by atoms with Gasteiger partial charge < -0.3 is 9.84 Å². The molecule has 2 fully saturated rings. The summed E-state index contributed by atoms with van der Waals surface area (Å²) >= 11 is 0. The molecule has 0 aromatic heterocycles. The van der Waals surface area contributed by atoms with Crippen molar-refractivity contribution < 1.29 is 14.6 Å². The zero-order valence-corrected chi connectivity index (χ0v) is 12.4. The Morgan fingerprint density at radius 1 is 1.32 bits per heavy atom. The predicted octanol–water partition coefficient (Wildman–Crippen LogP) is 3.07. The van der Waals surface area contributed by atoms with Gasteiger partial charge in [0, 0.05) is 5.41 Å². The quantitative estimate of drug-likeness (QED) is 0.617. The van der Waals surface area contributed by atoms with Gasteiger partial charge in [0.2, 0.25) is 0 Å². The molecule has 108 valence electrons. The molecule has 0 amide bonds. The first kappa shape index (κ1) is 14.6. The van der Waals surface area contributed by atoms with Gasteiger partial charge in [0.1, 0.15) is 0 Å². The van der Waals surface area contributed by atoms with Crippen molar-refractivity contribution in [2.45, 2.75) is 58.0 Å². The zero-order valence-electron chi connectivity index (χ0n) is 12.4. The lowest BCUT2D eigenvalue weighted by Crippen LogP contribution is -2.60. The molecule has 0 radical (unpaired) electrons. The molecule has 0 aliphatic heterocycles. The van der Waals surface area contributed by atoms with Crippen LogP contribution in [0.2, 0.25) is 0 Å². The van der Waals surface area contributed by atoms with Gasteiger partial charge in [-0.1, -0.05) is 19.4 Å². The number of aliphatic hydroxyl groups is 1. The van der Waals surface area contributed by atoms with E-state index in [1.54, 1.807) is 6.08 Å². The van der Waals surface area contributed by atoms with Crippen LogP contribution in [-0.2, 0) is 9.53 Å². The molecule has 0 aromatic rings. The highest BCUT2D eigenvalue weighted by molar-refractivity contribution is 5.77. The van der Waals surface area contributed by atoms with Crippen molar-refractivity contribution in [3.8, 4) is 0 Å². The Hall–Kier alpha value is -0.830. The van der Waals surface area contributed by atoms with Gasteiger partial charge in [-0.05, 0) is 44.9 Å². The summed E-state index contributed by atoms with van der Waals surface area (Å²) < 4.78 is 5.04. The second-order valence-corrected chi connectivity index (χ2v) is 6.75. The van der Waals surface area contributed by atoms with Gasteiger partial charge in [0.15, 0.2) is 0 Å². The Morgan fingerprint density at radius 3 is 2.58 bits per heavy atom. The number of hydrogen-bond acceptors (Lipinski definition) is 3. The molecule has 0 heterocycles. The molecule has 19 heavy (non-hydrogen) atoms. The average Bonchev–Trinajstić information content (AvgIpc) is 2.40. The van der Waals surface area contributed by atoms with Crippen molar-refractivity contribution in [2.75, 3.05) is 7.11 Å². The molecule has 1 N–H and O–H groups in total. The highest BCUT2D eigenvalue weighted by atomic mass is 16.5. The maximum absolute atomic E-state index is 12.3.